The maximum atomic E-state index is 5.94. The zero-order valence-electron chi connectivity index (χ0n) is 16.9. The Labute approximate surface area is 155 Å². The first kappa shape index (κ1) is 21.1. The van der Waals surface area contributed by atoms with Crippen LogP contribution in [0.1, 0.15) is 33.1 Å². The van der Waals surface area contributed by atoms with Crippen molar-refractivity contribution >= 4 is 0 Å². The van der Waals surface area contributed by atoms with Crippen LogP contribution in [0.5, 0.6) is 0 Å². The number of hydrogen-bond donors (Lipinski definition) is 0. The Bertz CT molecular complexity index is 327. The molecule has 0 bridgehead atoms. The third-order valence-electron chi connectivity index (χ3n) is 6.23. The minimum atomic E-state index is 0.790. The van der Waals surface area contributed by atoms with Crippen LogP contribution in [0.4, 0.5) is 0 Å². The molecule has 2 heterocycles. The van der Waals surface area contributed by atoms with Gasteiger partial charge in [0.2, 0.25) is 0 Å². The molecular formula is C20H41N3O2. The van der Waals surface area contributed by atoms with E-state index >= 15 is 0 Å². The smallest absolute Gasteiger partial charge is 0.0593 e. The van der Waals surface area contributed by atoms with Gasteiger partial charge in [0.15, 0.2) is 0 Å². The van der Waals surface area contributed by atoms with Crippen LogP contribution in [0.2, 0.25) is 0 Å². The predicted molar refractivity (Wildman–Crippen MR) is 104 cm³/mol. The highest BCUT2D eigenvalue weighted by atomic mass is 16.5. The van der Waals surface area contributed by atoms with Crippen molar-refractivity contribution in [3.05, 3.63) is 0 Å². The number of hydrogen-bond acceptors (Lipinski definition) is 5. The van der Waals surface area contributed by atoms with E-state index in [1.807, 2.05) is 0 Å². The van der Waals surface area contributed by atoms with Gasteiger partial charge in [0, 0.05) is 53.0 Å². The molecule has 0 N–H and O–H groups in total. The van der Waals surface area contributed by atoms with Gasteiger partial charge in [0.1, 0.15) is 0 Å². The van der Waals surface area contributed by atoms with Crippen molar-refractivity contribution in [2.75, 3.05) is 85.8 Å². The molecule has 0 aliphatic carbocycles. The second-order valence-corrected chi connectivity index (χ2v) is 7.83. The zero-order valence-corrected chi connectivity index (χ0v) is 16.9. The molecule has 5 nitrogen and oxygen atoms in total. The summed E-state index contributed by atoms with van der Waals surface area (Å²) in [5, 5.41) is 0. The average molecular weight is 356 g/mol. The van der Waals surface area contributed by atoms with E-state index in [1.54, 1.807) is 7.11 Å². The summed E-state index contributed by atoms with van der Waals surface area (Å²) in [5.74, 6) is 1.67. The third kappa shape index (κ3) is 7.92. The lowest BCUT2D eigenvalue weighted by atomic mass is 9.84. The van der Waals surface area contributed by atoms with Crippen LogP contribution in [0.15, 0.2) is 0 Å². The minimum Gasteiger partial charge on any atom is -0.383 e. The van der Waals surface area contributed by atoms with Gasteiger partial charge in [0.25, 0.3) is 0 Å². The lowest BCUT2D eigenvalue weighted by Gasteiger charge is -2.35. The summed E-state index contributed by atoms with van der Waals surface area (Å²) in [4.78, 5) is 7.62. The number of likely N-dealkylation sites (N-methyl/N-ethyl adjacent to an activating group) is 1. The molecule has 0 aromatic heterocycles. The Kier molecular flexibility index (Phi) is 10.3. The largest absolute Gasteiger partial charge is 0.383 e. The number of piperidine rings is 1. The van der Waals surface area contributed by atoms with Crippen LogP contribution in [0.3, 0.4) is 0 Å². The van der Waals surface area contributed by atoms with Crippen LogP contribution in [0.25, 0.3) is 0 Å². The average Bonchev–Trinajstić information content (AvgIpc) is 2.67. The van der Waals surface area contributed by atoms with Crippen LogP contribution in [-0.2, 0) is 9.47 Å². The topological polar surface area (TPSA) is 28.2 Å². The van der Waals surface area contributed by atoms with E-state index in [0.29, 0.717) is 0 Å². The summed E-state index contributed by atoms with van der Waals surface area (Å²) in [6, 6.07) is 0. The first-order valence-electron chi connectivity index (χ1n) is 10.5. The standard InChI is InChI=1S/C20H41N3O2/c1-4-21-10-12-23(13-11-21)15-18-25-16-7-19(2)20-5-8-22(9-6-20)14-17-24-3/h19-20H,4-18H2,1-3H3. The van der Waals surface area contributed by atoms with Crippen LogP contribution < -0.4 is 0 Å². The Morgan fingerprint density at radius 1 is 0.840 bits per heavy atom. The molecule has 2 aliphatic rings. The van der Waals surface area contributed by atoms with E-state index in [1.165, 1.54) is 65.1 Å². The Morgan fingerprint density at radius 3 is 2.08 bits per heavy atom. The first-order valence-corrected chi connectivity index (χ1v) is 10.5. The highest BCUT2D eigenvalue weighted by Crippen LogP contribution is 2.26. The van der Waals surface area contributed by atoms with Crippen LogP contribution in [0, 0.1) is 11.8 Å². The maximum Gasteiger partial charge on any atom is 0.0593 e. The summed E-state index contributed by atoms with van der Waals surface area (Å²) >= 11 is 0. The van der Waals surface area contributed by atoms with Crippen molar-refractivity contribution in [2.24, 2.45) is 11.8 Å². The van der Waals surface area contributed by atoms with Crippen molar-refractivity contribution in [3.63, 3.8) is 0 Å². The number of nitrogens with zero attached hydrogens (tertiary/aromatic N) is 3. The van der Waals surface area contributed by atoms with Gasteiger partial charge in [-0.3, -0.25) is 4.90 Å². The quantitative estimate of drug-likeness (QED) is 0.529. The van der Waals surface area contributed by atoms with E-state index in [-0.39, 0.29) is 0 Å². The highest BCUT2D eigenvalue weighted by Gasteiger charge is 2.23. The molecule has 148 valence electrons. The van der Waals surface area contributed by atoms with E-state index in [9.17, 15) is 0 Å². The Hall–Kier alpha value is -0.200. The van der Waals surface area contributed by atoms with Crippen molar-refractivity contribution in [2.45, 2.75) is 33.1 Å². The fourth-order valence-electron chi connectivity index (χ4n) is 4.10. The van der Waals surface area contributed by atoms with Crippen LogP contribution in [-0.4, -0.2) is 101 Å². The molecule has 0 saturated carbocycles. The molecule has 2 saturated heterocycles. The van der Waals surface area contributed by atoms with Gasteiger partial charge >= 0.3 is 0 Å². The van der Waals surface area contributed by atoms with Gasteiger partial charge in [0.05, 0.1) is 13.2 Å². The van der Waals surface area contributed by atoms with Gasteiger partial charge in [-0.15, -0.1) is 0 Å². The lowest BCUT2D eigenvalue weighted by Crippen LogP contribution is -2.47. The lowest BCUT2D eigenvalue weighted by molar-refractivity contribution is 0.0616. The highest BCUT2D eigenvalue weighted by molar-refractivity contribution is 4.76. The molecule has 2 aliphatic heterocycles. The molecular weight excluding hydrogens is 314 g/mol. The SMILES string of the molecule is CCN1CCN(CCOCCC(C)C2CCN(CCOC)CC2)CC1. The van der Waals surface area contributed by atoms with E-state index in [4.69, 9.17) is 9.47 Å². The minimum absolute atomic E-state index is 0.790. The van der Waals surface area contributed by atoms with Crippen LogP contribution >= 0.6 is 0 Å². The first-order chi connectivity index (χ1) is 12.2. The number of methoxy groups -OCH3 is 1. The van der Waals surface area contributed by atoms with Crippen molar-refractivity contribution in [1.82, 2.24) is 14.7 Å². The summed E-state index contributed by atoms with van der Waals surface area (Å²) in [7, 11) is 1.79. The summed E-state index contributed by atoms with van der Waals surface area (Å²) in [5.41, 5.74) is 0. The van der Waals surface area contributed by atoms with Crippen molar-refractivity contribution in [1.29, 1.82) is 0 Å². The molecule has 0 radical (unpaired) electrons. The van der Waals surface area contributed by atoms with E-state index in [2.05, 4.69) is 28.5 Å². The van der Waals surface area contributed by atoms with Gasteiger partial charge < -0.3 is 19.3 Å². The van der Waals surface area contributed by atoms with E-state index in [0.717, 1.165) is 44.7 Å². The molecule has 5 heteroatoms. The molecule has 25 heavy (non-hydrogen) atoms. The van der Waals surface area contributed by atoms with E-state index < -0.39 is 0 Å². The fraction of sp³-hybridized carbons (Fsp3) is 1.00. The third-order valence-corrected chi connectivity index (χ3v) is 6.23. The molecule has 2 rings (SSSR count). The summed E-state index contributed by atoms with van der Waals surface area (Å²) < 4.78 is 11.1. The molecule has 0 amide bonds. The normalized spacial score (nSPS) is 23.2. The van der Waals surface area contributed by atoms with Crippen molar-refractivity contribution in [3.8, 4) is 0 Å². The van der Waals surface area contributed by atoms with Gasteiger partial charge in [-0.1, -0.05) is 13.8 Å². The second-order valence-electron chi connectivity index (χ2n) is 7.83. The molecule has 0 aromatic rings. The predicted octanol–water partition coefficient (Wildman–Crippen LogP) is 2.03. The maximum absolute atomic E-state index is 5.94. The number of piperazine rings is 1. The van der Waals surface area contributed by atoms with Crippen molar-refractivity contribution < 1.29 is 9.47 Å². The monoisotopic (exact) mass is 355 g/mol. The van der Waals surface area contributed by atoms with Gasteiger partial charge in [-0.2, -0.15) is 0 Å². The Balaban J connectivity index is 1.47. The van der Waals surface area contributed by atoms with Gasteiger partial charge in [-0.25, -0.2) is 0 Å². The second kappa shape index (κ2) is 12.2. The number of rotatable bonds is 11. The zero-order chi connectivity index (χ0) is 17.9. The molecule has 1 atom stereocenters. The Morgan fingerprint density at radius 2 is 1.44 bits per heavy atom. The molecule has 1 unspecified atom stereocenters. The molecule has 0 spiro atoms. The molecule has 0 aromatic carbocycles. The summed E-state index contributed by atoms with van der Waals surface area (Å²) in [6.45, 7) is 18.1. The summed E-state index contributed by atoms with van der Waals surface area (Å²) in [6.07, 6.45) is 3.89. The van der Waals surface area contributed by atoms with Gasteiger partial charge in [-0.05, 0) is 50.7 Å². The number of likely N-dealkylation sites (tertiary alicyclic amines) is 1. The fourth-order valence-corrected chi connectivity index (χ4v) is 4.10. The molecule has 2 fully saturated rings. The number of ether oxygens (including phenoxy) is 2.